The van der Waals surface area contributed by atoms with E-state index in [1.807, 2.05) is 19.1 Å². The first-order valence-electron chi connectivity index (χ1n) is 5.43. The van der Waals surface area contributed by atoms with E-state index in [2.05, 4.69) is 0 Å². The minimum absolute atomic E-state index is 0.174. The van der Waals surface area contributed by atoms with Gasteiger partial charge in [-0.3, -0.25) is 0 Å². The molecule has 0 heterocycles. The molecule has 3 nitrogen and oxygen atoms in total. The first kappa shape index (κ1) is 14.5. The van der Waals surface area contributed by atoms with Crippen molar-refractivity contribution in [2.24, 2.45) is 5.73 Å². The summed E-state index contributed by atoms with van der Waals surface area (Å²) in [4.78, 5) is 0. The molecule has 0 aliphatic heterocycles. The number of hydrogen-bond acceptors (Lipinski definition) is 3. The van der Waals surface area contributed by atoms with Crippen LogP contribution in [0.3, 0.4) is 0 Å². The highest BCUT2D eigenvalue weighted by molar-refractivity contribution is 7.90. The van der Waals surface area contributed by atoms with Crippen LogP contribution in [0.4, 0.5) is 0 Å². The smallest absolute Gasteiger partial charge is 0.147 e. The molecule has 0 radical (unpaired) electrons. The molecule has 1 unspecified atom stereocenters. The molecule has 96 valence electrons. The number of nitrogens with two attached hydrogens (primary N) is 1. The number of hydrogen-bond donors (Lipinski definition) is 1. The number of halogens is 1. The van der Waals surface area contributed by atoms with Crippen LogP contribution in [-0.2, 0) is 15.4 Å². The van der Waals surface area contributed by atoms with Gasteiger partial charge >= 0.3 is 0 Å². The molecular weight excluding hydrogens is 258 g/mol. The van der Waals surface area contributed by atoms with Crippen molar-refractivity contribution in [2.45, 2.75) is 25.3 Å². The maximum atomic E-state index is 11.0. The highest BCUT2D eigenvalue weighted by Crippen LogP contribution is 2.24. The summed E-state index contributed by atoms with van der Waals surface area (Å²) < 4.78 is 22.1. The Bertz CT molecular complexity index is 466. The first-order chi connectivity index (χ1) is 7.71. The Labute approximate surface area is 108 Å². The lowest BCUT2D eigenvalue weighted by Gasteiger charge is -2.25. The van der Waals surface area contributed by atoms with E-state index in [1.54, 1.807) is 12.1 Å². The van der Waals surface area contributed by atoms with E-state index >= 15 is 0 Å². The van der Waals surface area contributed by atoms with Crippen molar-refractivity contribution >= 4 is 21.4 Å². The van der Waals surface area contributed by atoms with Gasteiger partial charge in [0.15, 0.2) is 0 Å². The van der Waals surface area contributed by atoms with E-state index in [-0.39, 0.29) is 5.75 Å². The fourth-order valence-electron chi connectivity index (χ4n) is 1.68. The lowest BCUT2D eigenvalue weighted by atomic mass is 9.89. The van der Waals surface area contributed by atoms with Crippen LogP contribution in [0.2, 0.25) is 5.02 Å². The quantitative estimate of drug-likeness (QED) is 0.897. The third-order valence-electron chi connectivity index (χ3n) is 2.71. The molecule has 1 aromatic rings. The van der Waals surface area contributed by atoms with Crippen molar-refractivity contribution < 1.29 is 8.42 Å². The molecule has 0 aromatic heterocycles. The largest absolute Gasteiger partial charge is 0.322 e. The SMILES string of the molecule is CC(N)(CCCS(C)(=O)=O)c1ccc(Cl)cc1. The van der Waals surface area contributed by atoms with Gasteiger partial charge in [0.25, 0.3) is 0 Å². The van der Waals surface area contributed by atoms with E-state index in [0.717, 1.165) is 5.56 Å². The Balaban J connectivity index is 2.65. The maximum Gasteiger partial charge on any atom is 0.147 e. The summed E-state index contributed by atoms with van der Waals surface area (Å²) in [6, 6.07) is 7.34. The monoisotopic (exact) mass is 275 g/mol. The lowest BCUT2D eigenvalue weighted by molar-refractivity contribution is 0.446. The van der Waals surface area contributed by atoms with E-state index in [9.17, 15) is 8.42 Å². The summed E-state index contributed by atoms with van der Waals surface area (Å²) in [5.74, 6) is 0.174. The Morgan fingerprint density at radius 2 is 1.82 bits per heavy atom. The fourth-order valence-corrected chi connectivity index (χ4v) is 2.47. The summed E-state index contributed by atoms with van der Waals surface area (Å²) in [6.45, 7) is 1.90. The van der Waals surface area contributed by atoms with Crippen molar-refractivity contribution in [3.63, 3.8) is 0 Å². The zero-order valence-electron chi connectivity index (χ0n) is 10.1. The normalized spacial score (nSPS) is 15.5. The predicted molar refractivity (Wildman–Crippen MR) is 71.9 cm³/mol. The maximum absolute atomic E-state index is 11.0. The van der Waals surface area contributed by atoms with Crippen LogP contribution >= 0.6 is 11.6 Å². The Morgan fingerprint density at radius 3 is 2.29 bits per heavy atom. The summed E-state index contributed by atoms with van der Waals surface area (Å²) in [6.07, 6.45) is 2.43. The summed E-state index contributed by atoms with van der Waals surface area (Å²) >= 11 is 5.81. The number of sulfone groups is 1. The van der Waals surface area contributed by atoms with Crippen LogP contribution in [0, 0.1) is 0 Å². The second kappa shape index (κ2) is 5.38. The predicted octanol–water partition coefficient (Wildman–Crippen LogP) is 2.34. The highest BCUT2D eigenvalue weighted by atomic mass is 35.5. The second-order valence-electron chi connectivity index (χ2n) is 4.66. The van der Waals surface area contributed by atoms with Crippen molar-refractivity contribution in [1.82, 2.24) is 0 Å². The lowest BCUT2D eigenvalue weighted by Crippen LogP contribution is -2.33. The standard InChI is InChI=1S/C12H18ClNO2S/c1-12(14,8-3-9-17(2,15)16)10-4-6-11(13)7-5-10/h4-7H,3,8-9,14H2,1-2H3. The average Bonchev–Trinajstić information content (AvgIpc) is 2.15. The molecule has 1 aromatic carbocycles. The van der Waals surface area contributed by atoms with Crippen LogP contribution in [0.1, 0.15) is 25.3 Å². The zero-order valence-corrected chi connectivity index (χ0v) is 11.7. The molecular formula is C12H18ClNO2S. The summed E-state index contributed by atoms with van der Waals surface area (Å²) in [7, 11) is -2.91. The van der Waals surface area contributed by atoms with Crippen molar-refractivity contribution in [3.8, 4) is 0 Å². The van der Waals surface area contributed by atoms with Gasteiger partial charge < -0.3 is 5.73 Å². The minimum atomic E-state index is -2.91. The highest BCUT2D eigenvalue weighted by Gasteiger charge is 2.21. The van der Waals surface area contributed by atoms with Crippen LogP contribution in [0.15, 0.2) is 24.3 Å². The van der Waals surface area contributed by atoms with Gasteiger partial charge in [0, 0.05) is 22.6 Å². The molecule has 2 N–H and O–H groups in total. The summed E-state index contributed by atoms with van der Waals surface area (Å²) in [5.41, 5.74) is 6.63. The Morgan fingerprint density at radius 1 is 1.29 bits per heavy atom. The van der Waals surface area contributed by atoms with Crippen LogP contribution < -0.4 is 5.73 Å². The molecule has 1 atom stereocenters. The van der Waals surface area contributed by atoms with Gasteiger partial charge in [-0.15, -0.1) is 0 Å². The van der Waals surface area contributed by atoms with Gasteiger partial charge in [-0.1, -0.05) is 23.7 Å². The number of benzene rings is 1. The molecule has 1 rings (SSSR count). The topological polar surface area (TPSA) is 60.2 Å². The Hall–Kier alpha value is -0.580. The van der Waals surface area contributed by atoms with Crippen LogP contribution in [-0.4, -0.2) is 20.4 Å². The van der Waals surface area contributed by atoms with Gasteiger partial charge in [-0.2, -0.15) is 0 Å². The van der Waals surface area contributed by atoms with Gasteiger partial charge in [0.2, 0.25) is 0 Å². The molecule has 0 bridgehead atoms. The molecule has 0 fully saturated rings. The van der Waals surface area contributed by atoms with Gasteiger partial charge in [0.05, 0.1) is 0 Å². The molecule has 0 saturated heterocycles. The second-order valence-corrected chi connectivity index (χ2v) is 7.35. The first-order valence-corrected chi connectivity index (χ1v) is 7.87. The third-order valence-corrected chi connectivity index (χ3v) is 4.00. The summed E-state index contributed by atoms with van der Waals surface area (Å²) in [5, 5.41) is 0.667. The molecule has 0 spiro atoms. The van der Waals surface area contributed by atoms with E-state index < -0.39 is 15.4 Å². The molecule has 0 aliphatic carbocycles. The fraction of sp³-hybridized carbons (Fsp3) is 0.500. The van der Waals surface area contributed by atoms with E-state index in [1.165, 1.54) is 6.26 Å². The van der Waals surface area contributed by atoms with E-state index in [4.69, 9.17) is 17.3 Å². The van der Waals surface area contributed by atoms with Crippen molar-refractivity contribution in [1.29, 1.82) is 0 Å². The zero-order chi connectivity index (χ0) is 13.1. The van der Waals surface area contributed by atoms with Crippen LogP contribution in [0.5, 0.6) is 0 Å². The number of rotatable bonds is 5. The van der Waals surface area contributed by atoms with Crippen LogP contribution in [0.25, 0.3) is 0 Å². The third kappa shape index (κ3) is 5.06. The molecule has 0 saturated carbocycles. The van der Waals surface area contributed by atoms with Gasteiger partial charge in [-0.25, -0.2) is 8.42 Å². The van der Waals surface area contributed by atoms with Crippen molar-refractivity contribution in [2.75, 3.05) is 12.0 Å². The Kier molecular flexibility index (Phi) is 4.58. The van der Waals surface area contributed by atoms with E-state index in [0.29, 0.717) is 17.9 Å². The van der Waals surface area contributed by atoms with Gasteiger partial charge in [-0.05, 0) is 37.5 Å². The molecule has 0 aliphatic rings. The molecule has 17 heavy (non-hydrogen) atoms. The van der Waals surface area contributed by atoms with Crippen molar-refractivity contribution in [3.05, 3.63) is 34.9 Å². The average molecular weight is 276 g/mol. The minimum Gasteiger partial charge on any atom is -0.322 e. The molecule has 0 amide bonds. The molecule has 5 heteroatoms. The van der Waals surface area contributed by atoms with Gasteiger partial charge in [0.1, 0.15) is 9.84 Å².